The Hall–Kier alpha value is -0.570. The molecule has 2 rings (SSSR count). The molecule has 0 amide bonds. The summed E-state index contributed by atoms with van der Waals surface area (Å²) in [5.41, 5.74) is 1.76. The van der Waals surface area contributed by atoms with Crippen LogP contribution in [0.3, 0.4) is 0 Å². The Kier molecular flexibility index (Phi) is 2.54. The Labute approximate surface area is 90.1 Å². The summed E-state index contributed by atoms with van der Waals surface area (Å²) in [5, 5.41) is 0.699. The van der Waals surface area contributed by atoms with Gasteiger partial charge in [0.2, 0.25) is 0 Å². The summed E-state index contributed by atoms with van der Waals surface area (Å²) in [7, 11) is 0. The summed E-state index contributed by atoms with van der Waals surface area (Å²) in [5.74, 6) is 0. The number of benzene rings is 1. The molecule has 0 aliphatic rings. The molecule has 0 spiro atoms. The van der Waals surface area contributed by atoms with Crippen molar-refractivity contribution in [3.63, 3.8) is 0 Å². The van der Waals surface area contributed by atoms with Crippen LogP contribution in [0.2, 0.25) is 9.36 Å². The van der Waals surface area contributed by atoms with Gasteiger partial charge in [-0.2, -0.15) is 4.37 Å². The summed E-state index contributed by atoms with van der Waals surface area (Å²) in [4.78, 5) is 0. The van der Waals surface area contributed by atoms with Crippen molar-refractivity contribution in [2.24, 2.45) is 0 Å². The van der Waals surface area contributed by atoms with Crippen LogP contribution in [0.25, 0.3) is 11.3 Å². The van der Waals surface area contributed by atoms with Crippen molar-refractivity contribution in [3.05, 3.63) is 39.7 Å². The smallest absolute Gasteiger partial charge is 0.114 e. The minimum absolute atomic E-state index is 0.676. The zero-order chi connectivity index (χ0) is 9.26. The Morgan fingerprint density at radius 2 is 1.92 bits per heavy atom. The van der Waals surface area contributed by atoms with E-state index in [4.69, 9.17) is 23.2 Å². The molecule has 0 bridgehead atoms. The number of halogens is 2. The van der Waals surface area contributed by atoms with Crippen LogP contribution >= 0.6 is 34.7 Å². The standard InChI is InChI=1S/C9H5Cl2NS/c10-7-4-2-1-3-6(7)8-5-9(11)13-12-8/h1-5H. The second-order valence-electron chi connectivity index (χ2n) is 2.50. The third kappa shape index (κ3) is 1.85. The highest BCUT2D eigenvalue weighted by atomic mass is 35.5. The molecule has 0 unspecified atom stereocenters. The maximum absolute atomic E-state index is 5.99. The van der Waals surface area contributed by atoms with E-state index in [0.717, 1.165) is 11.3 Å². The van der Waals surface area contributed by atoms with Gasteiger partial charge in [-0.05, 0) is 23.7 Å². The first-order chi connectivity index (χ1) is 6.27. The van der Waals surface area contributed by atoms with Crippen molar-refractivity contribution in [2.75, 3.05) is 0 Å². The number of aromatic nitrogens is 1. The molecule has 1 nitrogen and oxygen atoms in total. The molecule has 0 atom stereocenters. The molecule has 0 aliphatic carbocycles. The predicted molar refractivity (Wildman–Crippen MR) is 57.6 cm³/mol. The first-order valence-corrected chi connectivity index (χ1v) is 5.17. The van der Waals surface area contributed by atoms with Gasteiger partial charge in [-0.1, -0.05) is 41.4 Å². The van der Waals surface area contributed by atoms with Crippen LogP contribution in [0, 0.1) is 0 Å². The molecule has 4 heteroatoms. The molecule has 13 heavy (non-hydrogen) atoms. The lowest BCUT2D eigenvalue weighted by Gasteiger charge is -1.97. The molecule has 0 fully saturated rings. The van der Waals surface area contributed by atoms with Gasteiger partial charge in [0, 0.05) is 10.6 Å². The highest BCUT2D eigenvalue weighted by molar-refractivity contribution is 7.10. The van der Waals surface area contributed by atoms with Crippen molar-refractivity contribution in [1.29, 1.82) is 0 Å². The van der Waals surface area contributed by atoms with E-state index in [2.05, 4.69) is 4.37 Å². The normalized spacial score (nSPS) is 10.3. The molecule has 1 aromatic carbocycles. The Morgan fingerprint density at radius 3 is 2.54 bits per heavy atom. The Bertz CT molecular complexity index is 425. The summed E-state index contributed by atoms with van der Waals surface area (Å²) in [6, 6.07) is 9.39. The summed E-state index contributed by atoms with van der Waals surface area (Å²) >= 11 is 13.0. The van der Waals surface area contributed by atoms with Gasteiger partial charge in [-0.15, -0.1) is 0 Å². The fourth-order valence-corrected chi connectivity index (χ4v) is 1.99. The van der Waals surface area contributed by atoms with Crippen molar-refractivity contribution in [3.8, 4) is 11.3 Å². The topological polar surface area (TPSA) is 12.9 Å². The minimum atomic E-state index is 0.676. The lowest BCUT2D eigenvalue weighted by atomic mass is 10.2. The number of hydrogen-bond donors (Lipinski definition) is 0. The molecule has 0 aliphatic heterocycles. The van der Waals surface area contributed by atoms with Crippen molar-refractivity contribution in [2.45, 2.75) is 0 Å². The zero-order valence-corrected chi connectivity index (χ0v) is 8.83. The summed E-state index contributed by atoms with van der Waals surface area (Å²) in [6.45, 7) is 0. The average molecular weight is 230 g/mol. The van der Waals surface area contributed by atoms with E-state index in [1.54, 1.807) is 0 Å². The maximum Gasteiger partial charge on any atom is 0.114 e. The second-order valence-corrected chi connectivity index (χ2v) is 4.34. The van der Waals surface area contributed by atoms with Crippen LogP contribution in [-0.4, -0.2) is 4.37 Å². The molecule has 0 N–H and O–H groups in total. The van der Waals surface area contributed by atoms with E-state index in [0.29, 0.717) is 9.36 Å². The molecular formula is C9H5Cl2NS. The first kappa shape index (κ1) is 9.00. The van der Waals surface area contributed by atoms with E-state index in [1.807, 2.05) is 30.3 Å². The van der Waals surface area contributed by atoms with Crippen molar-refractivity contribution < 1.29 is 0 Å². The van der Waals surface area contributed by atoms with Crippen LogP contribution in [0.15, 0.2) is 30.3 Å². The third-order valence-electron chi connectivity index (χ3n) is 1.63. The van der Waals surface area contributed by atoms with Crippen LogP contribution in [0.5, 0.6) is 0 Å². The van der Waals surface area contributed by atoms with E-state index >= 15 is 0 Å². The SMILES string of the molecule is Clc1cc(-c2ccccc2Cl)ns1. The largest absolute Gasteiger partial charge is 0.191 e. The first-order valence-electron chi connectivity index (χ1n) is 3.64. The van der Waals surface area contributed by atoms with Crippen LogP contribution in [0.1, 0.15) is 0 Å². The Morgan fingerprint density at radius 1 is 1.15 bits per heavy atom. The van der Waals surface area contributed by atoms with Gasteiger partial charge in [0.1, 0.15) is 4.34 Å². The number of hydrogen-bond acceptors (Lipinski definition) is 2. The number of rotatable bonds is 1. The summed E-state index contributed by atoms with van der Waals surface area (Å²) < 4.78 is 4.85. The second kappa shape index (κ2) is 3.66. The van der Waals surface area contributed by atoms with Gasteiger partial charge in [0.05, 0.1) is 5.69 Å². The molecule has 66 valence electrons. The van der Waals surface area contributed by atoms with Gasteiger partial charge < -0.3 is 0 Å². The third-order valence-corrected chi connectivity index (χ3v) is 2.86. The van der Waals surface area contributed by atoms with E-state index in [-0.39, 0.29) is 0 Å². The van der Waals surface area contributed by atoms with Gasteiger partial charge in [0.25, 0.3) is 0 Å². The van der Waals surface area contributed by atoms with E-state index in [9.17, 15) is 0 Å². The molecule has 2 aromatic rings. The predicted octanol–water partition coefficient (Wildman–Crippen LogP) is 4.12. The van der Waals surface area contributed by atoms with E-state index < -0.39 is 0 Å². The zero-order valence-electron chi connectivity index (χ0n) is 6.50. The summed E-state index contributed by atoms with van der Waals surface area (Å²) in [6.07, 6.45) is 0. The average Bonchev–Trinajstić information content (AvgIpc) is 2.53. The molecule has 1 aromatic heterocycles. The molecule has 1 heterocycles. The van der Waals surface area contributed by atoms with Gasteiger partial charge in [-0.3, -0.25) is 0 Å². The molecular weight excluding hydrogens is 225 g/mol. The van der Waals surface area contributed by atoms with E-state index in [1.165, 1.54) is 11.5 Å². The van der Waals surface area contributed by atoms with Gasteiger partial charge >= 0.3 is 0 Å². The van der Waals surface area contributed by atoms with Crippen molar-refractivity contribution >= 4 is 34.7 Å². The minimum Gasteiger partial charge on any atom is -0.191 e. The lowest BCUT2D eigenvalue weighted by molar-refractivity contribution is 1.52. The highest BCUT2D eigenvalue weighted by Gasteiger charge is 2.05. The van der Waals surface area contributed by atoms with Crippen LogP contribution in [0.4, 0.5) is 0 Å². The molecule has 0 saturated carbocycles. The quantitative estimate of drug-likeness (QED) is 0.718. The van der Waals surface area contributed by atoms with Gasteiger partial charge in [0.15, 0.2) is 0 Å². The van der Waals surface area contributed by atoms with Crippen molar-refractivity contribution in [1.82, 2.24) is 4.37 Å². The fourth-order valence-electron chi connectivity index (χ4n) is 1.05. The fraction of sp³-hybridized carbons (Fsp3) is 0. The molecule has 0 saturated heterocycles. The lowest BCUT2D eigenvalue weighted by Crippen LogP contribution is -1.76. The van der Waals surface area contributed by atoms with Crippen LogP contribution in [-0.2, 0) is 0 Å². The molecule has 0 radical (unpaired) electrons. The van der Waals surface area contributed by atoms with Gasteiger partial charge in [-0.25, -0.2) is 0 Å². The maximum atomic E-state index is 5.99. The highest BCUT2D eigenvalue weighted by Crippen LogP contribution is 2.29. The Balaban J connectivity index is 2.52. The monoisotopic (exact) mass is 229 g/mol. The number of nitrogens with zero attached hydrogens (tertiary/aromatic N) is 1. The van der Waals surface area contributed by atoms with Crippen LogP contribution < -0.4 is 0 Å².